The zero-order chi connectivity index (χ0) is 16.9. The summed E-state index contributed by atoms with van der Waals surface area (Å²) in [6.07, 6.45) is 0.874. The van der Waals surface area contributed by atoms with Crippen LogP contribution in [-0.2, 0) is 4.57 Å². The smallest absolute Gasteiger partial charge is 0.352 e. The van der Waals surface area contributed by atoms with E-state index in [9.17, 15) is 18.7 Å². The summed E-state index contributed by atoms with van der Waals surface area (Å²) < 4.78 is 30.2. The van der Waals surface area contributed by atoms with Crippen LogP contribution in [0.4, 0.5) is 10.1 Å². The van der Waals surface area contributed by atoms with Gasteiger partial charge >= 0.3 is 7.60 Å². The van der Waals surface area contributed by atoms with Crippen molar-refractivity contribution in [1.82, 2.24) is 0 Å². The Morgan fingerprint density at radius 2 is 1.74 bits per heavy atom. The molecule has 0 fully saturated rings. The molecule has 0 unspecified atom stereocenters. The summed E-state index contributed by atoms with van der Waals surface area (Å²) in [5.74, 6) is -0.990. The van der Waals surface area contributed by atoms with E-state index in [1.165, 1.54) is 24.3 Å². The lowest BCUT2D eigenvalue weighted by atomic mass is 10.2. The molecule has 23 heavy (non-hydrogen) atoms. The van der Waals surface area contributed by atoms with E-state index < -0.39 is 19.2 Å². The highest BCUT2D eigenvalue weighted by Gasteiger charge is 2.30. The lowest BCUT2D eigenvalue weighted by molar-refractivity contribution is 0.317. The molecule has 5 nitrogen and oxygen atoms in total. The van der Waals surface area contributed by atoms with E-state index in [0.717, 1.165) is 6.42 Å². The standard InChI is InChI=1S/C16H19FNO4P/c1-2-11-22-15-9-3-12(4-10-15)16(23(19,20)21)18-14-7-5-13(17)6-8-14/h3-10,16,18H,2,11H2,1H3,(H2,19,20,21)/t16-/m1/s1. The number of benzene rings is 2. The fourth-order valence-corrected chi connectivity index (χ4v) is 2.91. The zero-order valence-electron chi connectivity index (χ0n) is 12.6. The van der Waals surface area contributed by atoms with E-state index in [1.807, 2.05) is 6.92 Å². The average Bonchev–Trinajstić information content (AvgIpc) is 2.52. The normalized spacial score (nSPS) is 12.7. The highest BCUT2D eigenvalue weighted by Crippen LogP contribution is 2.51. The van der Waals surface area contributed by atoms with Crippen molar-refractivity contribution in [2.24, 2.45) is 0 Å². The second kappa shape index (κ2) is 7.59. The molecule has 0 aliphatic carbocycles. The Morgan fingerprint density at radius 3 is 2.26 bits per heavy atom. The van der Waals surface area contributed by atoms with Gasteiger partial charge in [0.2, 0.25) is 0 Å². The molecular formula is C16H19FNO4P. The van der Waals surface area contributed by atoms with Crippen LogP contribution in [0.25, 0.3) is 0 Å². The van der Waals surface area contributed by atoms with Gasteiger partial charge in [0.1, 0.15) is 11.6 Å². The van der Waals surface area contributed by atoms with E-state index in [1.54, 1.807) is 24.3 Å². The molecule has 3 N–H and O–H groups in total. The van der Waals surface area contributed by atoms with E-state index in [0.29, 0.717) is 23.6 Å². The van der Waals surface area contributed by atoms with Gasteiger partial charge in [0, 0.05) is 5.69 Å². The summed E-state index contributed by atoms with van der Waals surface area (Å²) in [6.45, 7) is 2.57. The van der Waals surface area contributed by atoms with Gasteiger partial charge in [0.05, 0.1) is 6.61 Å². The quantitative estimate of drug-likeness (QED) is 0.667. The second-order valence-electron chi connectivity index (χ2n) is 5.06. The Hall–Kier alpha value is -1.88. The molecule has 0 spiro atoms. The van der Waals surface area contributed by atoms with Crippen molar-refractivity contribution in [3.8, 4) is 5.75 Å². The van der Waals surface area contributed by atoms with E-state index in [2.05, 4.69) is 5.32 Å². The summed E-state index contributed by atoms with van der Waals surface area (Å²) in [4.78, 5) is 19.2. The molecule has 0 amide bonds. The third-order valence-electron chi connectivity index (χ3n) is 3.15. The first-order valence-electron chi connectivity index (χ1n) is 7.20. The second-order valence-corrected chi connectivity index (χ2v) is 6.75. The number of ether oxygens (including phenoxy) is 1. The summed E-state index contributed by atoms with van der Waals surface area (Å²) in [5, 5.41) is 2.75. The highest BCUT2D eigenvalue weighted by molar-refractivity contribution is 7.52. The maximum absolute atomic E-state index is 12.9. The van der Waals surface area contributed by atoms with Gasteiger partial charge in [-0.2, -0.15) is 0 Å². The van der Waals surface area contributed by atoms with Crippen LogP contribution >= 0.6 is 7.60 Å². The summed E-state index contributed by atoms with van der Waals surface area (Å²) in [7, 11) is -4.46. The van der Waals surface area contributed by atoms with Crippen LogP contribution in [0, 0.1) is 5.82 Å². The maximum atomic E-state index is 12.9. The Bertz CT molecular complexity index is 669. The van der Waals surface area contributed by atoms with Crippen LogP contribution in [0.3, 0.4) is 0 Å². The van der Waals surface area contributed by atoms with Gasteiger partial charge in [0.25, 0.3) is 0 Å². The van der Waals surface area contributed by atoms with Crippen LogP contribution < -0.4 is 10.1 Å². The molecule has 1 atom stereocenters. The van der Waals surface area contributed by atoms with Crippen LogP contribution in [0.5, 0.6) is 5.75 Å². The van der Waals surface area contributed by atoms with Crippen LogP contribution in [-0.4, -0.2) is 16.4 Å². The Labute approximate surface area is 134 Å². The minimum absolute atomic E-state index is 0.416. The molecule has 0 bridgehead atoms. The minimum atomic E-state index is -4.46. The molecule has 0 aromatic heterocycles. The molecule has 0 radical (unpaired) electrons. The van der Waals surface area contributed by atoms with E-state index in [4.69, 9.17) is 4.74 Å². The molecule has 0 aliphatic rings. The molecule has 0 saturated carbocycles. The predicted molar refractivity (Wildman–Crippen MR) is 87.0 cm³/mol. The lowest BCUT2D eigenvalue weighted by Gasteiger charge is -2.21. The Morgan fingerprint density at radius 1 is 1.13 bits per heavy atom. The van der Waals surface area contributed by atoms with Crippen LogP contribution in [0.2, 0.25) is 0 Å². The van der Waals surface area contributed by atoms with Crippen LogP contribution in [0.15, 0.2) is 48.5 Å². The predicted octanol–water partition coefficient (Wildman–Crippen LogP) is 3.90. The van der Waals surface area contributed by atoms with Gasteiger partial charge in [-0.1, -0.05) is 19.1 Å². The van der Waals surface area contributed by atoms with Crippen molar-refractivity contribution in [3.63, 3.8) is 0 Å². The van der Waals surface area contributed by atoms with Gasteiger partial charge in [-0.3, -0.25) is 4.57 Å². The molecule has 2 aromatic rings. The number of rotatable bonds is 7. The average molecular weight is 339 g/mol. The first kappa shape index (κ1) is 17.5. The third kappa shape index (κ3) is 5.06. The fraction of sp³-hybridized carbons (Fsp3) is 0.250. The third-order valence-corrected chi connectivity index (χ3v) is 4.25. The topological polar surface area (TPSA) is 78.8 Å². The molecule has 0 saturated heterocycles. The van der Waals surface area contributed by atoms with Crippen molar-refractivity contribution in [2.45, 2.75) is 19.1 Å². The van der Waals surface area contributed by atoms with Crippen molar-refractivity contribution in [3.05, 3.63) is 59.9 Å². The van der Waals surface area contributed by atoms with Gasteiger partial charge in [0.15, 0.2) is 5.78 Å². The van der Waals surface area contributed by atoms with Gasteiger partial charge < -0.3 is 19.8 Å². The monoisotopic (exact) mass is 339 g/mol. The SMILES string of the molecule is CCCOc1ccc([C@H](Nc2ccc(F)cc2)P(=O)(O)O)cc1. The molecule has 124 valence electrons. The zero-order valence-corrected chi connectivity index (χ0v) is 13.5. The molecule has 7 heteroatoms. The van der Waals surface area contributed by atoms with Gasteiger partial charge in [-0.25, -0.2) is 4.39 Å². The van der Waals surface area contributed by atoms with Crippen molar-refractivity contribution in [2.75, 3.05) is 11.9 Å². The Balaban J connectivity index is 2.21. The summed E-state index contributed by atoms with van der Waals surface area (Å²) in [5.41, 5.74) is 0.845. The largest absolute Gasteiger partial charge is 0.494 e. The number of nitrogens with one attached hydrogen (secondary N) is 1. The number of halogens is 1. The lowest BCUT2D eigenvalue weighted by Crippen LogP contribution is -2.11. The number of hydrogen-bond donors (Lipinski definition) is 3. The maximum Gasteiger partial charge on any atom is 0.352 e. The summed E-state index contributed by atoms with van der Waals surface area (Å²) >= 11 is 0. The summed E-state index contributed by atoms with van der Waals surface area (Å²) in [6, 6.07) is 11.8. The Kier molecular flexibility index (Phi) is 5.77. The molecule has 2 aromatic carbocycles. The fourth-order valence-electron chi connectivity index (χ4n) is 2.03. The van der Waals surface area contributed by atoms with Crippen molar-refractivity contribution in [1.29, 1.82) is 0 Å². The number of hydrogen-bond acceptors (Lipinski definition) is 3. The first-order chi connectivity index (χ1) is 10.9. The van der Waals surface area contributed by atoms with Gasteiger partial charge in [-0.05, 0) is 48.4 Å². The van der Waals surface area contributed by atoms with Crippen molar-refractivity contribution < 1.29 is 23.5 Å². The number of anilines is 1. The molecule has 2 rings (SSSR count). The van der Waals surface area contributed by atoms with E-state index >= 15 is 0 Å². The van der Waals surface area contributed by atoms with Gasteiger partial charge in [-0.15, -0.1) is 0 Å². The first-order valence-corrected chi connectivity index (χ1v) is 8.88. The molecule has 0 aliphatic heterocycles. The minimum Gasteiger partial charge on any atom is -0.494 e. The van der Waals surface area contributed by atoms with Crippen molar-refractivity contribution >= 4 is 13.3 Å². The molecular weight excluding hydrogens is 320 g/mol. The van der Waals surface area contributed by atoms with Crippen LogP contribution in [0.1, 0.15) is 24.7 Å². The van der Waals surface area contributed by atoms with E-state index in [-0.39, 0.29) is 0 Å². The molecule has 0 heterocycles. The highest BCUT2D eigenvalue weighted by atomic mass is 31.2.